The molecule has 0 unspecified atom stereocenters. The van der Waals surface area contributed by atoms with Crippen LogP contribution in [0, 0.1) is 11.3 Å². The zero-order valence-corrected chi connectivity index (χ0v) is 48.6. The largest absolute Gasteiger partial charge is 0.311 e. The molecule has 13 aromatic rings. The Bertz CT molecular complexity index is 4800. The average molecular weight is 1140 g/mol. The van der Waals surface area contributed by atoms with Crippen molar-refractivity contribution in [3.8, 4) is 17.2 Å². The van der Waals surface area contributed by atoms with Gasteiger partial charge in [-0.25, -0.2) is 0 Å². The number of hydrogen-bond donors (Lipinski definition) is 0. The van der Waals surface area contributed by atoms with E-state index in [0.717, 1.165) is 96.4 Å². The highest BCUT2D eigenvalue weighted by molar-refractivity contribution is 8.00. The SMILES string of the molecule is N#Cc1ccc(N2c3ccccc3B3c4cc5c(cc4N(c4ccccc4)c4cc(N(c6ccccc6)c6ccccc6)cc2c43)N(c2ccccc2)c2cc(N(c3ccccc3)c3ccccc3)cc3c2B5c2ccccc2S3)c(-c2ccccc2)c1. The summed E-state index contributed by atoms with van der Waals surface area (Å²) >= 11 is 1.88. The van der Waals surface area contributed by atoms with E-state index in [9.17, 15) is 5.26 Å². The van der Waals surface area contributed by atoms with Gasteiger partial charge in [0.25, 0.3) is 6.71 Å². The summed E-state index contributed by atoms with van der Waals surface area (Å²) in [7, 11) is 0. The first kappa shape index (κ1) is 51.3. The number of fused-ring (bicyclic) bond motifs is 8. The fraction of sp³-hybridized carbons (Fsp3) is 0. The Morgan fingerprint density at radius 2 is 0.727 bits per heavy atom. The predicted molar refractivity (Wildman–Crippen MR) is 370 cm³/mol. The third kappa shape index (κ3) is 8.29. The summed E-state index contributed by atoms with van der Waals surface area (Å²) < 4.78 is 0. The second-order valence-electron chi connectivity index (χ2n) is 22.7. The minimum absolute atomic E-state index is 0.0974. The molecule has 0 bridgehead atoms. The molecule has 0 atom stereocenters. The minimum atomic E-state index is -0.209. The Morgan fingerprint density at radius 1 is 0.295 bits per heavy atom. The maximum Gasteiger partial charge on any atom is 0.252 e. The van der Waals surface area contributed by atoms with Crippen molar-refractivity contribution in [2.45, 2.75) is 9.79 Å². The van der Waals surface area contributed by atoms with Crippen molar-refractivity contribution in [2.24, 2.45) is 0 Å². The molecule has 9 heteroatoms. The molecular formula is C79H52B2N6S. The van der Waals surface area contributed by atoms with E-state index in [4.69, 9.17) is 0 Å². The molecule has 0 radical (unpaired) electrons. The Hall–Kier alpha value is -11.2. The molecule has 0 spiro atoms. The van der Waals surface area contributed by atoms with Crippen molar-refractivity contribution < 1.29 is 0 Å². The van der Waals surface area contributed by atoms with Gasteiger partial charge in [-0.1, -0.05) is 199 Å². The predicted octanol–water partition coefficient (Wildman–Crippen LogP) is 17.0. The molecular weight excluding hydrogens is 1090 g/mol. The fourth-order valence-electron chi connectivity index (χ4n) is 14.2. The Balaban J connectivity index is 0.985. The van der Waals surface area contributed by atoms with Crippen molar-refractivity contribution >= 4 is 143 Å². The van der Waals surface area contributed by atoms with Crippen LogP contribution < -0.4 is 57.3 Å². The molecule has 4 aliphatic rings. The molecule has 6 nitrogen and oxygen atoms in total. The number of benzene rings is 13. The van der Waals surface area contributed by atoms with Gasteiger partial charge in [0.2, 0.25) is 6.71 Å². The lowest BCUT2D eigenvalue weighted by Gasteiger charge is -2.47. The third-order valence-electron chi connectivity index (χ3n) is 17.8. The molecule has 0 fully saturated rings. The second kappa shape index (κ2) is 21.1. The molecule has 0 amide bonds. The number of hydrogen-bond acceptors (Lipinski definition) is 7. The lowest BCUT2D eigenvalue weighted by atomic mass is 9.30. The van der Waals surface area contributed by atoms with Crippen LogP contribution in [0.1, 0.15) is 5.56 Å². The number of para-hydroxylation sites is 7. The van der Waals surface area contributed by atoms with Gasteiger partial charge in [-0.3, -0.25) is 0 Å². The van der Waals surface area contributed by atoms with Crippen LogP contribution in [-0.2, 0) is 0 Å². The van der Waals surface area contributed by atoms with Crippen LogP contribution in [-0.4, -0.2) is 13.4 Å². The molecule has 410 valence electrons. The summed E-state index contributed by atoms with van der Waals surface area (Å²) in [4.78, 5) is 14.9. The first-order valence-electron chi connectivity index (χ1n) is 29.9. The number of rotatable bonds is 10. The van der Waals surface area contributed by atoms with Gasteiger partial charge in [-0.15, -0.1) is 0 Å². The van der Waals surface area contributed by atoms with Gasteiger partial charge in [0, 0.05) is 89.3 Å². The summed E-state index contributed by atoms with van der Waals surface area (Å²) in [6, 6.07) is 117. The second-order valence-corrected chi connectivity index (χ2v) is 23.8. The minimum Gasteiger partial charge on any atom is -0.311 e. The summed E-state index contributed by atoms with van der Waals surface area (Å²) in [5.41, 5.74) is 26.2. The molecule has 0 aliphatic carbocycles. The van der Waals surface area contributed by atoms with E-state index in [1.165, 1.54) is 42.6 Å². The van der Waals surface area contributed by atoms with Crippen LogP contribution in [0.4, 0.5) is 85.3 Å². The van der Waals surface area contributed by atoms with E-state index < -0.39 is 0 Å². The van der Waals surface area contributed by atoms with E-state index in [-0.39, 0.29) is 13.4 Å². The van der Waals surface area contributed by atoms with Crippen LogP contribution in [0.2, 0.25) is 0 Å². The molecule has 4 heterocycles. The van der Waals surface area contributed by atoms with Gasteiger partial charge in [0.1, 0.15) is 0 Å². The van der Waals surface area contributed by atoms with Gasteiger partial charge in [0.05, 0.1) is 23.0 Å². The number of nitrogens with zero attached hydrogens (tertiary/aromatic N) is 6. The van der Waals surface area contributed by atoms with E-state index in [1.807, 2.05) is 17.8 Å². The quantitative estimate of drug-likeness (QED) is 0.126. The van der Waals surface area contributed by atoms with Gasteiger partial charge >= 0.3 is 0 Å². The summed E-state index contributed by atoms with van der Waals surface area (Å²) in [6.45, 7) is -0.307. The lowest BCUT2D eigenvalue weighted by Crippen LogP contribution is -2.64. The van der Waals surface area contributed by atoms with Crippen molar-refractivity contribution in [3.05, 3.63) is 321 Å². The number of nitriles is 1. The Kier molecular flexibility index (Phi) is 12.3. The van der Waals surface area contributed by atoms with E-state index in [1.54, 1.807) is 0 Å². The van der Waals surface area contributed by atoms with Crippen molar-refractivity contribution in [1.29, 1.82) is 5.26 Å². The molecule has 88 heavy (non-hydrogen) atoms. The zero-order chi connectivity index (χ0) is 58.2. The third-order valence-corrected chi connectivity index (χ3v) is 18.9. The van der Waals surface area contributed by atoms with Crippen LogP contribution in [0.5, 0.6) is 0 Å². The molecule has 0 aromatic heterocycles. The summed E-state index contributed by atoms with van der Waals surface area (Å²) in [5.74, 6) is 0. The Morgan fingerprint density at radius 3 is 1.26 bits per heavy atom. The normalized spacial score (nSPS) is 12.8. The van der Waals surface area contributed by atoms with E-state index in [0.29, 0.717) is 5.56 Å². The van der Waals surface area contributed by atoms with Crippen LogP contribution in [0.25, 0.3) is 11.1 Å². The smallest absolute Gasteiger partial charge is 0.252 e. The van der Waals surface area contributed by atoms with Crippen molar-refractivity contribution in [1.82, 2.24) is 0 Å². The molecule has 17 rings (SSSR count). The topological polar surface area (TPSA) is 40.0 Å². The highest BCUT2D eigenvalue weighted by Crippen LogP contribution is 2.52. The fourth-order valence-corrected chi connectivity index (χ4v) is 15.4. The van der Waals surface area contributed by atoms with Crippen molar-refractivity contribution in [3.63, 3.8) is 0 Å². The average Bonchev–Trinajstić information content (AvgIpc) is 0.864. The zero-order valence-electron chi connectivity index (χ0n) is 47.8. The maximum atomic E-state index is 10.5. The van der Waals surface area contributed by atoms with Gasteiger partial charge in [0.15, 0.2) is 0 Å². The maximum absolute atomic E-state index is 10.5. The summed E-state index contributed by atoms with van der Waals surface area (Å²) in [5, 5.41) is 10.5. The van der Waals surface area contributed by atoms with Gasteiger partial charge in [-0.05, 0) is 166 Å². The van der Waals surface area contributed by atoms with Crippen LogP contribution in [0.3, 0.4) is 0 Å². The summed E-state index contributed by atoms with van der Waals surface area (Å²) in [6.07, 6.45) is 0. The monoisotopic (exact) mass is 1140 g/mol. The van der Waals surface area contributed by atoms with E-state index in [2.05, 4.69) is 340 Å². The first-order valence-corrected chi connectivity index (χ1v) is 30.8. The van der Waals surface area contributed by atoms with E-state index >= 15 is 0 Å². The van der Waals surface area contributed by atoms with Gasteiger partial charge < -0.3 is 24.5 Å². The van der Waals surface area contributed by atoms with Crippen molar-refractivity contribution in [2.75, 3.05) is 24.5 Å². The van der Waals surface area contributed by atoms with Crippen LogP contribution >= 0.6 is 11.8 Å². The molecule has 13 aromatic carbocycles. The lowest BCUT2D eigenvalue weighted by molar-refractivity contribution is 1.21. The Labute approximate surface area is 517 Å². The number of anilines is 15. The molecule has 4 aliphatic heterocycles. The first-order chi connectivity index (χ1) is 43.6. The standard InChI is InChI=1S/C79H52B2N6S/c82-53-54-44-45-69(64(46-54)55-26-8-1-9-27-55)87-70-42-24-22-40-65(70)80-67-51-68-72(52-71(67)85(60-36-18-6-19-37-60)73-47-62(48-74(87)78(73)80)83(56-28-10-2-11-29-56)57-30-12-3-13-31-57)86(61-38-20-7-21-39-61)75-49-63(50-77-79(75)81(68)66-41-23-25-43-76(66)88-77)84(58-32-14-4-15-33-58)59-34-16-5-17-35-59/h1-52H. The molecule has 0 N–H and O–H groups in total. The van der Waals surface area contributed by atoms with Gasteiger partial charge in [-0.2, -0.15) is 5.26 Å². The van der Waals surface area contributed by atoms with Crippen LogP contribution in [0.15, 0.2) is 325 Å². The highest BCUT2D eigenvalue weighted by atomic mass is 32.2. The highest BCUT2D eigenvalue weighted by Gasteiger charge is 2.48. The molecule has 0 saturated heterocycles. The molecule has 0 saturated carbocycles.